The molecule has 0 spiro atoms. The van der Waals surface area contributed by atoms with Crippen molar-refractivity contribution in [2.45, 2.75) is 26.7 Å². The number of benzene rings is 1. The van der Waals surface area contributed by atoms with Crippen molar-refractivity contribution < 1.29 is 4.79 Å². The minimum Gasteiger partial charge on any atom is -0.284 e. The molecule has 0 aliphatic heterocycles. The fraction of sp³-hybridized carbons (Fsp3) is 0.286. The maximum Gasteiger partial charge on any atom is 0.229 e. The third-order valence-corrected chi connectivity index (χ3v) is 6.40. The van der Waals surface area contributed by atoms with Gasteiger partial charge >= 0.3 is 0 Å². The Labute approximate surface area is 184 Å². The van der Waals surface area contributed by atoms with E-state index in [4.69, 9.17) is 23.2 Å². The molecule has 0 radical (unpaired) electrons. The van der Waals surface area contributed by atoms with E-state index < -0.39 is 0 Å². The van der Waals surface area contributed by atoms with Gasteiger partial charge in [-0.1, -0.05) is 35.3 Å². The maximum atomic E-state index is 13.0. The number of aromatic nitrogens is 3. The molecule has 1 amide bonds. The largest absolute Gasteiger partial charge is 0.284 e. The summed E-state index contributed by atoms with van der Waals surface area (Å²) in [7, 11) is 1.91. The molecule has 29 heavy (non-hydrogen) atoms. The third kappa shape index (κ3) is 4.71. The van der Waals surface area contributed by atoms with E-state index in [-0.39, 0.29) is 5.91 Å². The smallest absolute Gasteiger partial charge is 0.229 e. The Morgan fingerprint density at radius 1 is 1.31 bits per heavy atom. The highest BCUT2D eigenvalue weighted by atomic mass is 35.5. The molecule has 0 N–H and O–H groups in total. The highest BCUT2D eigenvalue weighted by molar-refractivity contribution is 7.14. The monoisotopic (exact) mass is 448 g/mol. The predicted molar refractivity (Wildman–Crippen MR) is 121 cm³/mol. The molecule has 0 bridgehead atoms. The van der Waals surface area contributed by atoms with Crippen LogP contribution in [0.25, 0.3) is 11.3 Å². The van der Waals surface area contributed by atoms with Gasteiger partial charge < -0.3 is 0 Å². The lowest BCUT2D eigenvalue weighted by molar-refractivity contribution is -0.118. The summed E-state index contributed by atoms with van der Waals surface area (Å²) in [5, 5.41) is 7.94. The summed E-state index contributed by atoms with van der Waals surface area (Å²) in [5.74, 6) is 0.00240. The van der Waals surface area contributed by atoms with E-state index in [0.29, 0.717) is 34.6 Å². The quantitative estimate of drug-likeness (QED) is 0.440. The van der Waals surface area contributed by atoms with Crippen molar-refractivity contribution >= 4 is 45.6 Å². The van der Waals surface area contributed by atoms with Crippen LogP contribution in [-0.2, 0) is 18.3 Å². The van der Waals surface area contributed by atoms with Crippen LogP contribution in [-0.4, -0.2) is 27.2 Å². The summed E-state index contributed by atoms with van der Waals surface area (Å²) < 4.78 is 1.85. The Hall–Kier alpha value is -2.15. The average molecular weight is 449 g/mol. The molecule has 3 rings (SSSR count). The lowest BCUT2D eigenvalue weighted by Gasteiger charge is -2.18. The van der Waals surface area contributed by atoms with Crippen LogP contribution in [0.3, 0.4) is 0 Å². The number of carbonyl (C=O) groups excluding carboxylic acids is 1. The van der Waals surface area contributed by atoms with Gasteiger partial charge in [-0.2, -0.15) is 5.10 Å². The van der Waals surface area contributed by atoms with Gasteiger partial charge in [-0.05, 0) is 38.0 Å². The van der Waals surface area contributed by atoms with Crippen molar-refractivity contribution in [3.63, 3.8) is 0 Å². The number of thiazole rings is 1. The van der Waals surface area contributed by atoms with Gasteiger partial charge in [0.1, 0.15) is 0 Å². The molecule has 0 fully saturated rings. The molecule has 0 aliphatic carbocycles. The van der Waals surface area contributed by atoms with E-state index in [2.05, 4.69) is 16.7 Å². The summed E-state index contributed by atoms with van der Waals surface area (Å²) in [6.07, 6.45) is 2.73. The molecule has 1 aromatic carbocycles. The van der Waals surface area contributed by atoms with Crippen LogP contribution >= 0.6 is 34.5 Å². The molecule has 2 aromatic heterocycles. The molecule has 8 heteroatoms. The summed E-state index contributed by atoms with van der Waals surface area (Å²) >= 11 is 13.5. The van der Waals surface area contributed by atoms with Crippen LogP contribution in [0.2, 0.25) is 10.0 Å². The van der Waals surface area contributed by atoms with Gasteiger partial charge in [0, 0.05) is 36.7 Å². The van der Waals surface area contributed by atoms with Crippen molar-refractivity contribution in [3.05, 3.63) is 63.2 Å². The first-order chi connectivity index (χ1) is 13.8. The first kappa shape index (κ1) is 21.6. The molecular weight excluding hydrogens is 427 g/mol. The van der Waals surface area contributed by atoms with Crippen molar-refractivity contribution in [2.75, 3.05) is 11.4 Å². The number of amides is 1. The van der Waals surface area contributed by atoms with Crippen LogP contribution < -0.4 is 4.90 Å². The first-order valence-electron chi connectivity index (χ1n) is 9.13. The lowest BCUT2D eigenvalue weighted by Crippen LogP contribution is -2.31. The zero-order chi connectivity index (χ0) is 21.1. The Morgan fingerprint density at radius 2 is 2.07 bits per heavy atom. The van der Waals surface area contributed by atoms with E-state index in [1.807, 2.05) is 37.0 Å². The van der Waals surface area contributed by atoms with E-state index in [9.17, 15) is 4.79 Å². The van der Waals surface area contributed by atoms with Crippen LogP contribution in [0.15, 0.2) is 36.2 Å². The summed E-state index contributed by atoms with van der Waals surface area (Å²) in [4.78, 5) is 19.3. The second-order valence-electron chi connectivity index (χ2n) is 6.71. The molecule has 0 atom stereocenters. The van der Waals surface area contributed by atoms with E-state index in [1.54, 1.807) is 23.1 Å². The summed E-state index contributed by atoms with van der Waals surface area (Å²) in [6, 6.07) is 5.38. The van der Waals surface area contributed by atoms with Gasteiger partial charge in [0.05, 0.1) is 21.4 Å². The van der Waals surface area contributed by atoms with Crippen LogP contribution in [0, 0.1) is 13.8 Å². The molecule has 0 aliphatic rings. The van der Waals surface area contributed by atoms with Crippen molar-refractivity contribution in [1.29, 1.82) is 0 Å². The number of aryl methyl sites for hydroxylation is 2. The number of hydrogen-bond donors (Lipinski definition) is 0. The second kappa shape index (κ2) is 9.11. The zero-order valence-electron chi connectivity index (χ0n) is 16.6. The number of nitrogens with zero attached hydrogens (tertiary/aromatic N) is 4. The molecule has 3 aromatic rings. The van der Waals surface area contributed by atoms with Crippen LogP contribution in [0.1, 0.15) is 23.4 Å². The first-order valence-corrected chi connectivity index (χ1v) is 10.8. The Balaban J connectivity index is 1.78. The van der Waals surface area contributed by atoms with Gasteiger partial charge in [-0.15, -0.1) is 17.9 Å². The topological polar surface area (TPSA) is 51.0 Å². The van der Waals surface area contributed by atoms with Crippen molar-refractivity contribution in [1.82, 2.24) is 14.8 Å². The van der Waals surface area contributed by atoms with Gasteiger partial charge in [0.2, 0.25) is 5.91 Å². The van der Waals surface area contributed by atoms with Gasteiger partial charge in [-0.25, -0.2) is 4.98 Å². The van der Waals surface area contributed by atoms with Crippen LogP contribution in [0.5, 0.6) is 0 Å². The number of halogens is 2. The minimum atomic E-state index is 0.00240. The molecular formula is C21H22Cl2N4OS. The predicted octanol–water partition coefficient (Wildman–Crippen LogP) is 5.62. The van der Waals surface area contributed by atoms with Crippen LogP contribution in [0.4, 0.5) is 5.13 Å². The molecule has 0 unspecified atom stereocenters. The van der Waals surface area contributed by atoms with Crippen molar-refractivity contribution in [2.24, 2.45) is 7.05 Å². The standard InChI is InChI=1S/C21H22Cl2N4OS/c1-5-10-27(20(28)9-7-16-13(2)25-26(4)14(16)3)21-24-19(12-29-21)15-6-8-17(22)18(23)11-15/h5-6,8,11-12H,1,7,9-10H2,2-4H3. The highest BCUT2D eigenvalue weighted by Crippen LogP contribution is 2.32. The molecule has 5 nitrogen and oxygen atoms in total. The number of anilines is 1. The fourth-order valence-electron chi connectivity index (χ4n) is 3.14. The third-order valence-electron chi connectivity index (χ3n) is 4.80. The lowest BCUT2D eigenvalue weighted by atomic mass is 10.1. The van der Waals surface area contributed by atoms with Gasteiger partial charge in [0.25, 0.3) is 0 Å². The summed E-state index contributed by atoms with van der Waals surface area (Å²) in [6.45, 7) is 8.17. The average Bonchev–Trinajstić information content (AvgIpc) is 3.26. The normalized spacial score (nSPS) is 10.9. The second-order valence-corrected chi connectivity index (χ2v) is 8.36. The Bertz CT molecular complexity index is 1060. The molecule has 152 valence electrons. The number of carbonyl (C=O) groups is 1. The maximum absolute atomic E-state index is 13.0. The van der Waals surface area contributed by atoms with Crippen molar-refractivity contribution in [3.8, 4) is 11.3 Å². The number of hydrogen-bond acceptors (Lipinski definition) is 4. The fourth-order valence-corrected chi connectivity index (χ4v) is 4.30. The minimum absolute atomic E-state index is 0.00240. The highest BCUT2D eigenvalue weighted by Gasteiger charge is 2.20. The van der Waals surface area contributed by atoms with Gasteiger partial charge in [-0.3, -0.25) is 14.4 Å². The van der Waals surface area contributed by atoms with E-state index >= 15 is 0 Å². The molecule has 0 saturated carbocycles. The Kier molecular flexibility index (Phi) is 6.77. The molecule has 0 saturated heterocycles. The van der Waals surface area contributed by atoms with E-state index in [1.165, 1.54) is 11.3 Å². The van der Waals surface area contributed by atoms with Gasteiger partial charge in [0.15, 0.2) is 5.13 Å². The molecule has 2 heterocycles. The SMILES string of the molecule is C=CCN(C(=O)CCc1c(C)nn(C)c1C)c1nc(-c2ccc(Cl)c(Cl)c2)cs1. The van der Waals surface area contributed by atoms with E-state index in [0.717, 1.165) is 28.2 Å². The Morgan fingerprint density at radius 3 is 2.69 bits per heavy atom. The number of rotatable bonds is 7. The zero-order valence-corrected chi connectivity index (χ0v) is 18.9. The summed E-state index contributed by atoms with van der Waals surface area (Å²) in [5.41, 5.74) is 4.78.